The zero-order chi connectivity index (χ0) is 9.23. The molecule has 0 aliphatic rings. The topological polar surface area (TPSA) is 0 Å². The molecular weight excluding hydrogens is 144 g/mol. The van der Waals surface area contributed by atoms with Crippen molar-refractivity contribution in [3.8, 4) is 0 Å². The van der Waals surface area contributed by atoms with E-state index in [0.717, 1.165) is 6.42 Å². The van der Waals surface area contributed by atoms with Gasteiger partial charge in [0.05, 0.1) is 0 Å². The summed E-state index contributed by atoms with van der Waals surface area (Å²) in [4.78, 5) is 0. The second-order valence-electron chi connectivity index (χ2n) is 2.22. The number of benzene rings is 1. The van der Waals surface area contributed by atoms with Crippen LogP contribution in [0.25, 0.3) is 6.08 Å². The van der Waals surface area contributed by atoms with Gasteiger partial charge in [-0.1, -0.05) is 63.3 Å². The minimum Gasteiger partial charge on any atom is -0.0842 e. The van der Waals surface area contributed by atoms with Crippen molar-refractivity contribution in [3.63, 3.8) is 0 Å². The van der Waals surface area contributed by atoms with Crippen LogP contribution in [0.5, 0.6) is 0 Å². The maximum atomic E-state index is 2.16. The SMILES string of the molecule is CC.CC/C=C\c1ccccc1. The molecule has 0 amide bonds. The molecule has 1 aromatic carbocycles. The fraction of sp³-hybridized carbons (Fsp3) is 0.333. The summed E-state index contributed by atoms with van der Waals surface area (Å²) in [5.74, 6) is 0. The Labute approximate surface area is 75.9 Å². The molecule has 0 heteroatoms. The van der Waals surface area contributed by atoms with Crippen LogP contribution in [0.2, 0.25) is 0 Å². The fourth-order valence-corrected chi connectivity index (χ4v) is 0.818. The minimum atomic E-state index is 1.11. The summed E-state index contributed by atoms with van der Waals surface area (Å²) in [6.45, 7) is 6.14. The molecular formula is C12H18. The third-order valence-corrected chi connectivity index (χ3v) is 1.35. The Bertz CT molecular complexity index is 197. The van der Waals surface area contributed by atoms with Gasteiger partial charge in [0.15, 0.2) is 0 Å². The first-order chi connectivity index (χ1) is 5.93. The molecule has 0 aliphatic carbocycles. The molecule has 0 atom stereocenters. The van der Waals surface area contributed by atoms with Crippen LogP contribution >= 0.6 is 0 Å². The van der Waals surface area contributed by atoms with Gasteiger partial charge < -0.3 is 0 Å². The molecule has 0 aromatic heterocycles. The third kappa shape index (κ3) is 4.73. The van der Waals surface area contributed by atoms with Gasteiger partial charge in [0.2, 0.25) is 0 Å². The first-order valence-electron chi connectivity index (χ1n) is 4.65. The summed E-state index contributed by atoms with van der Waals surface area (Å²) in [5, 5.41) is 0. The van der Waals surface area contributed by atoms with E-state index in [4.69, 9.17) is 0 Å². The standard InChI is InChI=1S/C10H12.C2H6/c1-2-3-7-10-8-5-4-6-9-10;1-2/h3-9H,2H2,1H3;1-2H3/b7-3-;. The highest BCUT2D eigenvalue weighted by Crippen LogP contribution is 2.00. The lowest BCUT2D eigenvalue weighted by Gasteiger charge is -1.88. The van der Waals surface area contributed by atoms with Crippen LogP contribution in [0, 0.1) is 0 Å². The molecule has 0 spiro atoms. The number of hydrogen-bond acceptors (Lipinski definition) is 0. The number of hydrogen-bond donors (Lipinski definition) is 0. The maximum Gasteiger partial charge on any atom is -0.0260 e. The van der Waals surface area contributed by atoms with Gasteiger partial charge in [-0.05, 0) is 12.0 Å². The van der Waals surface area contributed by atoms with Crippen molar-refractivity contribution in [2.24, 2.45) is 0 Å². The van der Waals surface area contributed by atoms with E-state index in [1.54, 1.807) is 0 Å². The largest absolute Gasteiger partial charge is 0.0842 e. The van der Waals surface area contributed by atoms with Crippen LogP contribution in [0.15, 0.2) is 36.4 Å². The van der Waals surface area contributed by atoms with E-state index in [2.05, 4.69) is 43.3 Å². The van der Waals surface area contributed by atoms with Crippen molar-refractivity contribution in [2.45, 2.75) is 27.2 Å². The lowest BCUT2D eigenvalue weighted by Crippen LogP contribution is -1.66. The van der Waals surface area contributed by atoms with Gasteiger partial charge in [-0.2, -0.15) is 0 Å². The van der Waals surface area contributed by atoms with Gasteiger partial charge in [-0.3, -0.25) is 0 Å². The fourth-order valence-electron chi connectivity index (χ4n) is 0.818. The molecule has 0 N–H and O–H groups in total. The zero-order valence-electron chi connectivity index (χ0n) is 8.25. The van der Waals surface area contributed by atoms with Crippen molar-refractivity contribution < 1.29 is 0 Å². The summed E-state index contributed by atoms with van der Waals surface area (Å²) in [5.41, 5.74) is 1.28. The van der Waals surface area contributed by atoms with Crippen LogP contribution in [0.3, 0.4) is 0 Å². The predicted octanol–water partition coefficient (Wildman–Crippen LogP) is 4.14. The Kier molecular flexibility index (Phi) is 7.36. The molecule has 0 heterocycles. The van der Waals surface area contributed by atoms with Crippen molar-refractivity contribution in [2.75, 3.05) is 0 Å². The normalized spacial score (nSPS) is 9.25. The summed E-state index contributed by atoms with van der Waals surface area (Å²) in [7, 11) is 0. The van der Waals surface area contributed by atoms with Crippen molar-refractivity contribution in [3.05, 3.63) is 42.0 Å². The Morgan fingerprint density at radius 2 is 1.67 bits per heavy atom. The van der Waals surface area contributed by atoms with Crippen LogP contribution < -0.4 is 0 Å². The molecule has 1 rings (SSSR count). The Balaban J connectivity index is 0.000000561. The molecule has 0 unspecified atom stereocenters. The molecule has 1 aromatic rings. The second kappa shape index (κ2) is 8.06. The van der Waals surface area contributed by atoms with Gasteiger partial charge in [0.25, 0.3) is 0 Å². The van der Waals surface area contributed by atoms with Crippen LogP contribution in [0.4, 0.5) is 0 Å². The van der Waals surface area contributed by atoms with E-state index in [1.165, 1.54) is 5.56 Å². The second-order valence-corrected chi connectivity index (χ2v) is 2.22. The van der Waals surface area contributed by atoms with E-state index in [9.17, 15) is 0 Å². The van der Waals surface area contributed by atoms with Crippen molar-refractivity contribution >= 4 is 6.08 Å². The maximum absolute atomic E-state index is 2.16. The van der Waals surface area contributed by atoms with Crippen molar-refractivity contribution in [1.29, 1.82) is 0 Å². The number of rotatable bonds is 2. The third-order valence-electron chi connectivity index (χ3n) is 1.35. The highest BCUT2D eigenvalue weighted by Gasteiger charge is 1.78. The molecule has 0 fully saturated rings. The Morgan fingerprint density at radius 1 is 1.08 bits per heavy atom. The van der Waals surface area contributed by atoms with E-state index in [1.807, 2.05) is 19.9 Å². The first kappa shape index (κ1) is 11.0. The molecule has 0 nitrogen and oxygen atoms in total. The summed E-state index contributed by atoms with van der Waals surface area (Å²) >= 11 is 0. The van der Waals surface area contributed by atoms with Crippen LogP contribution in [-0.2, 0) is 0 Å². The highest BCUT2D eigenvalue weighted by atomic mass is 13.8. The van der Waals surface area contributed by atoms with E-state index >= 15 is 0 Å². The molecule has 66 valence electrons. The van der Waals surface area contributed by atoms with Gasteiger partial charge in [-0.15, -0.1) is 0 Å². The molecule has 0 aliphatic heterocycles. The zero-order valence-corrected chi connectivity index (χ0v) is 8.25. The molecule has 0 radical (unpaired) electrons. The minimum absolute atomic E-state index is 1.11. The summed E-state index contributed by atoms with van der Waals surface area (Å²) in [6, 6.07) is 10.3. The first-order valence-corrected chi connectivity index (χ1v) is 4.65. The van der Waals surface area contributed by atoms with Gasteiger partial charge in [0, 0.05) is 0 Å². The smallest absolute Gasteiger partial charge is 0.0260 e. The molecule has 12 heavy (non-hydrogen) atoms. The molecule has 0 saturated carbocycles. The van der Waals surface area contributed by atoms with E-state index < -0.39 is 0 Å². The average Bonchev–Trinajstić information content (AvgIpc) is 2.19. The van der Waals surface area contributed by atoms with E-state index in [-0.39, 0.29) is 0 Å². The lowest BCUT2D eigenvalue weighted by atomic mass is 10.2. The van der Waals surface area contributed by atoms with Crippen LogP contribution in [-0.4, -0.2) is 0 Å². The van der Waals surface area contributed by atoms with Gasteiger partial charge in [-0.25, -0.2) is 0 Å². The molecule has 0 bridgehead atoms. The molecule has 0 saturated heterocycles. The summed E-state index contributed by atoms with van der Waals surface area (Å²) in [6.07, 6.45) is 5.41. The van der Waals surface area contributed by atoms with Gasteiger partial charge in [0.1, 0.15) is 0 Å². The highest BCUT2D eigenvalue weighted by molar-refractivity contribution is 5.48. The Morgan fingerprint density at radius 3 is 2.17 bits per heavy atom. The Hall–Kier alpha value is -1.04. The monoisotopic (exact) mass is 162 g/mol. The van der Waals surface area contributed by atoms with E-state index in [0.29, 0.717) is 0 Å². The average molecular weight is 162 g/mol. The van der Waals surface area contributed by atoms with Crippen molar-refractivity contribution in [1.82, 2.24) is 0 Å². The number of allylic oxidation sites excluding steroid dienone is 1. The lowest BCUT2D eigenvalue weighted by molar-refractivity contribution is 1.23. The summed E-state index contributed by atoms with van der Waals surface area (Å²) < 4.78 is 0. The van der Waals surface area contributed by atoms with Gasteiger partial charge >= 0.3 is 0 Å². The predicted molar refractivity (Wildman–Crippen MR) is 57.1 cm³/mol. The quantitative estimate of drug-likeness (QED) is 0.613. The van der Waals surface area contributed by atoms with Crippen LogP contribution in [0.1, 0.15) is 32.8 Å².